The molecule has 0 fully saturated rings. The molecule has 1 aromatic carbocycles. The Bertz CT molecular complexity index is 900. The highest BCUT2D eigenvalue weighted by Gasteiger charge is 2.19. The molecule has 1 atom stereocenters. The Kier molecular flexibility index (Phi) is 6.01. The summed E-state index contributed by atoms with van der Waals surface area (Å²) < 4.78 is 1.80. The second-order valence-electron chi connectivity index (χ2n) is 6.78. The predicted molar refractivity (Wildman–Crippen MR) is 109 cm³/mol. The van der Waals surface area contributed by atoms with Crippen LogP contribution < -0.4 is 5.32 Å². The molecular formula is C20H25N5OS. The number of thioether (sulfide) groups is 1. The van der Waals surface area contributed by atoms with Crippen LogP contribution in [0.5, 0.6) is 0 Å². The average molecular weight is 384 g/mol. The molecule has 0 aliphatic carbocycles. The molecule has 3 aromatic rings. The Labute approximate surface area is 163 Å². The highest BCUT2D eigenvalue weighted by molar-refractivity contribution is 8.00. The molecule has 0 aliphatic rings. The van der Waals surface area contributed by atoms with Gasteiger partial charge in [-0.1, -0.05) is 42.1 Å². The summed E-state index contributed by atoms with van der Waals surface area (Å²) in [4.78, 5) is 20.5. The lowest BCUT2D eigenvalue weighted by molar-refractivity contribution is -0.115. The summed E-state index contributed by atoms with van der Waals surface area (Å²) in [6, 6.07) is 12.2. The third kappa shape index (κ3) is 4.80. The van der Waals surface area contributed by atoms with Crippen LogP contribution in [-0.4, -0.2) is 30.9 Å². The molecule has 2 aromatic heterocycles. The van der Waals surface area contributed by atoms with Crippen LogP contribution >= 0.6 is 11.8 Å². The Morgan fingerprint density at radius 1 is 1.22 bits per heavy atom. The SMILES string of the molecule is Cc1[nH]c(SC(C)C(=O)Nc2ccnn2C(C)C)nc1Cc1ccccc1. The monoisotopic (exact) mass is 383 g/mol. The van der Waals surface area contributed by atoms with Crippen molar-refractivity contribution in [2.45, 2.75) is 50.6 Å². The number of aromatic amines is 1. The number of H-pyrrole nitrogens is 1. The number of aromatic nitrogens is 4. The van der Waals surface area contributed by atoms with Gasteiger partial charge in [0.2, 0.25) is 5.91 Å². The number of nitrogens with one attached hydrogen (secondary N) is 2. The normalized spacial score (nSPS) is 12.3. The molecule has 0 radical (unpaired) electrons. The maximum Gasteiger partial charge on any atom is 0.238 e. The Balaban J connectivity index is 1.63. The molecule has 2 heterocycles. The van der Waals surface area contributed by atoms with Gasteiger partial charge in [0, 0.05) is 24.2 Å². The van der Waals surface area contributed by atoms with Gasteiger partial charge in [0.15, 0.2) is 5.16 Å². The molecule has 2 N–H and O–H groups in total. The average Bonchev–Trinajstić information content (AvgIpc) is 3.22. The van der Waals surface area contributed by atoms with E-state index in [1.807, 2.05) is 52.0 Å². The highest BCUT2D eigenvalue weighted by Crippen LogP contribution is 2.24. The number of benzene rings is 1. The van der Waals surface area contributed by atoms with Gasteiger partial charge in [0.1, 0.15) is 5.82 Å². The molecule has 0 spiro atoms. The van der Waals surface area contributed by atoms with Gasteiger partial charge < -0.3 is 10.3 Å². The summed E-state index contributed by atoms with van der Waals surface area (Å²) in [6.45, 7) is 7.95. The van der Waals surface area contributed by atoms with Gasteiger partial charge in [0.05, 0.1) is 17.1 Å². The van der Waals surface area contributed by atoms with Gasteiger partial charge in [-0.3, -0.25) is 4.79 Å². The third-order valence-corrected chi connectivity index (χ3v) is 5.23. The quantitative estimate of drug-likeness (QED) is 0.600. The number of amides is 1. The number of hydrogen-bond donors (Lipinski definition) is 2. The van der Waals surface area contributed by atoms with Gasteiger partial charge in [-0.05, 0) is 33.3 Å². The fraction of sp³-hybridized carbons (Fsp3) is 0.350. The summed E-state index contributed by atoms with van der Waals surface area (Å²) in [6.07, 6.45) is 2.47. The first-order valence-corrected chi connectivity index (χ1v) is 9.92. The fourth-order valence-corrected chi connectivity index (χ4v) is 3.63. The van der Waals surface area contributed by atoms with E-state index in [1.165, 1.54) is 17.3 Å². The third-order valence-electron chi connectivity index (χ3n) is 4.25. The second kappa shape index (κ2) is 8.43. The van der Waals surface area contributed by atoms with Crippen molar-refractivity contribution in [3.63, 3.8) is 0 Å². The van der Waals surface area contributed by atoms with Crippen molar-refractivity contribution in [3.05, 3.63) is 59.5 Å². The summed E-state index contributed by atoms with van der Waals surface area (Å²) in [5, 5.41) is 7.68. The van der Waals surface area contributed by atoms with Crippen LogP contribution in [0.15, 0.2) is 47.8 Å². The fourth-order valence-electron chi connectivity index (χ4n) is 2.76. The number of aryl methyl sites for hydroxylation is 1. The van der Waals surface area contributed by atoms with Crippen LogP contribution in [-0.2, 0) is 11.2 Å². The lowest BCUT2D eigenvalue weighted by Crippen LogP contribution is -2.24. The van der Waals surface area contributed by atoms with Gasteiger partial charge in [-0.25, -0.2) is 9.67 Å². The number of imidazole rings is 1. The minimum absolute atomic E-state index is 0.0685. The van der Waals surface area contributed by atoms with E-state index in [4.69, 9.17) is 0 Å². The maximum absolute atomic E-state index is 12.6. The molecule has 27 heavy (non-hydrogen) atoms. The van der Waals surface area contributed by atoms with Crippen LogP contribution in [0.25, 0.3) is 0 Å². The Morgan fingerprint density at radius 2 is 1.96 bits per heavy atom. The maximum atomic E-state index is 12.6. The molecule has 3 rings (SSSR count). The van der Waals surface area contributed by atoms with Gasteiger partial charge in [0.25, 0.3) is 0 Å². The second-order valence-corrected chi connectivity index (χ2v) is 8.11. The predicted octanol–water partition coefficient (Wildman–Crippen LogP) is 4.21. The molecule has 142 valence electrons. The minimum Gasteiger partial charge on any atom is -0.337 e. The van der Waals surface area contributed by atoms with E-state index in [2.05, 4.69) is 32.5 Å². The number of hydrogen-bond acceptors (Lipinski definition) is 4. The Morgan fingerprint density at radius 3 is 2.67 bits per heavy atom. The highest BCUT2D eigenvalue weighted by atomic mass is 32.2. The number of carbonyl (C=O) groups excluding carboxylic acids is 1. The minimum atomic E-state index is -0.282. The van der Waals surface area contributed by atoms with Crippen LogP contribution in [0.4, 0.5) is 5.82 Å². The first-order valence-electron chi connectivity index (χ1n) is 9.04. The van der Waals surface area contributed by atoms with Crippen LogP contribution in [0.3, 0.4) is 0 Å². The molecule has 7 heteroatoms. The van der Waals surface area contributed by atoms with Crippen molar-refractivity contribution in [3.8, 4) is 0 Å². The number of anilines is 1. The van der Waals surface area contributed by atoms with Crippen molar-refractivity contribution in [1.82, 2.24) is 19.7 Å². The van der Waals surface area contributed by atoms with E-state index in [0.29, 0.717) is 5.82 Å². The van der Waals surface area contributed by atoms with Crippen molar-refractivity contribution in [2.24, 2.45) is 0 Å². The first-order chi connectivity index (χ1) is 12.9. The van der Waals surface area contributed by atoms with E-state index >= 15 is 0 Å². The van der Waals surface area contributed by atoms with E-state index in [-0.39, 0.29) is 17.2 Å². The van der Waals surface area contributed by atoms with Crippen molar-refractivity contribution >= 4 is 23.5 Å². The van der Waals surface area contributed by atoms with Crippen molar-refractivity contribution in [1.29, 1.82) is 0 Å². The summed E-state index contributed by atoms with van der Waals surface area (Å²) in [5.74, 6) is 0.643. The number of carbonyl (C=O) groups is 1. The zero-order valence-corrected chi connectivity index (χ0v) is 16.9. The van der Waals surface area contributed by atoms with E-state index < -0.39 is 0 Å². The van der Waals surface area contributed by atoms with Gasteiger partial charge in [-0.15, -0.1) is 0 Å². The zero-order chi connectivity index (χ0) is 19.4. The first kappa shape index (κ1) is 19.2. The smallest absolute Gasteiger partial charge is 0.238 e. The lowest BCUT2D eigenvalue weighted by atomic mass is 10.1. The van der Waals surface area contributed by atoms with Crippen molar-refractivity contribution < 1.29 is 4.79 Å². The van der Waals surface area contributed by atoms with Gasteiger partial charge in [-0.2, -0.15) is 5.10 Å². The topological polar surface area (TPSA) is 75.6 Å². The van der Waals surface area contributed by atoms with E-state index in [0.717, 1.165) is 23.0 Å². The number of rotatable bonds is 7. The van der Waals surface area contributed by atoms with E-state index in [1.54, 1.807) is 10.9 Å². The zero-order valence-electron chi connectivity index (χ0n) is 16.1. The lowest BCUT2D eigenvalue weighted by Gasteiger charge is -2.14. The standard InChI is InChI=1S/C20H25N5OS/c1-13(2)25-18(10-11-21-25)24-19(26)15(4)27-20-22-14(3)17(23-20)12-16-8-6-5-7-9-16/h5-11,13,15H,12H2,1-4H3,(H,22,23)(H,24,26). The molecule has 0 saturated carbocycles. The molecule has 0 bridgehead atoms. The molecule has 6 nitrogen and oxygen atoms in total. The summed E-state index contributed by atoms with van der Waals surface area (Å²) in [7, 11) is 0. The Hall–Kier alpha value is -2.54. The molecule has 0 aliphatic heterocycles. The molecular weight excluding hydrogens is 358 g/mol. The summed E-state index contributed by atoms with van der Waals surface area (Å²) >= 11 is 1.42. The largest absolute Gasteiger partial charge is 0.337 e. The van der Waals surface area contributed by atoms with E-state index in [9.17, 15) is 4.79 Å². The molecule has 0 saturated heterocycles. The summed E-state index contributed by atoms with van der Waals surface area (Å²) in [5.41, 5.74) is 3.26. The molecule has 1 unspecified atom stereocenters. The van der Waals surface area contributed by atoms with Crippen LogP contribution in [0, 0.1) is 6.92 Å². The van der Waals surface area contributed by atoms with Crippen LogP contribution in [0.2, 0.25) is 0 Å². The van der Waals surface area contributed by atoms with Gasteiger partial charge >= 0.3 is 0 Å². The number of nitrogens with zero attached hydrogens (tertiary/aromatic N) is 3. The van der Waals surface area contributed by atoms with Crippen molar-refractivity contribution in [2.75, 3.05) is 5.32 Å². The molecule has 1 amide bonds. The van der Waals surface area contributed by atoms with Crippen LogP contribution in [0.1, 0.15) is 43.8 Å².